The zero-order chi connectivity index (χ0) is 12.5. The largest absolute Gasteiger partial charge is 0.382 e. The molecule has 0 saturated carbocycles. The van der Waals surface area contributed by atoms with Gasteiger partial charge in [0.25, 0.3) is 0 Å². The number of halogens is 1. The summed E-state index contributed by atoms with van der Waals surface area (Å²) in [7, 11) is 1.67. The molecule has 0 spiro atoms. The van der Waals surface area contributed by atoms with E-state index in [9.17, 15) is 0 Å². The molecule has 1 N–H and O–H groups in total. The summed E-state index contributed by atoms with van der Waals surface area (Å²) >= 11 is 3.51. The lowest BCUT2D eigenvalue weighted by Gasteiger charge is -2.09. The number of methoxy groups -OCH3 is 1. The summed E-state index contributed by atoms with van der Waals surface area (Å²) in [6.07, 6.45) is 2.75. The minimum Gasteiger partial charge on any atom is -0.382 e. The fourth-order valence-corrected chi connectivity index (χ4v) is 1.66. The zero-order valence-corrected chi connectivity index (χ0v) is 11.9. The van der Waals surface area contributed by atoms with Crippen molar-refractivity contribution < 1.29 is 9.47 Å². The Morgan fingerprint density at radius 1 is 1.35 bits per heavy atom. The van der Waals surface area contributed by atoms with E-state index in [0.717, 1.165) is 29.9 Å². The molecule has 1 heterocycles. The van der Waals surface area contributed by atoms with Crippen LogP contribution in [0, 0.1) is 6.92 Å². The number of pyridine rings is 1. The average Bonchev–Trinajstić information content (AvgIpc) is 2.33. The molecule has 5 heteroatoms. The molecule has 0 aliphatic rings. The number of ether oxygens (including phenoxy) is 2. The van der Waals surface area contributed by atoms with Crippen LogP contribution in [0.4, 0.5) is 5.82 Å². The van der Waals surface area contributed by atoms with Crippen LogP contribution in [0.1, 0.15) is 12.0 Å². The van der Waals surface area contributed by atoms with E-state index in [1.807, 2.05) is 13.0 Å². The predicted molar refractivity (Wildman–Crippen MR) is 72.5 cm³/mol. The standard InChI is InChI=1S/C12H19BrN2O2/c1-10-4-6-15-12(11(10)13)14-5-3-7-17-9-8-16-2/h4,6H,3,5,7-9H2,1-2H3,(H,14,15). The van der Waals surface area contributed by atoms with E-state index in [-0.39, 0.29) is 0 Å². The molecule has 0 fully saturated rings. The van der Waals surface area contributed by atoms with Gasteiger partial charge in [0, 0.05) is 26.5 Å². The third-order valence-corrected chi connectivity index (χ3v) is 3.27. The van der Waals surface area contributed by atoms with Gasteiger partial charge in [-0.05, 0) is 40.9 Å². The molecule has 17 heavy (non-hydrogen) atoms. The lowest BCUT2D eigenvalue weighted by atomic mass is 10.3. The highest BCUT2D eigenvalue weighted by atomic mass is 79.9. The van der Waals surface area contributed by atoms with Gasteiger partial charge in [0.2, 0.25) is 0 Å². The number of aryl methyl sites for hydroxylation is 1. The molecule has 0 radical (unpaired) electrons. The molecule has 1 rings (SSSR count). The van der Waals surface area contributed by atoms with Gasteiger partial charge in [-0.1, -0.05) is 0 Å². The van der Waals surface area contributed by atoms with Crippen LogP contribution in [0.25, 0.3) is 0 Å². The Bertz CT molecular complexity index is 334. The molecular weight excluding hydrogens is 284 g/mol. The van der Waals surface area contributed by atoms with Gasteiger partial charge in [0.05, 0.1) is 17.7 Å². The third kappa shape index (κ3) is 5.48. The van der Waals surface area contributed by atoms with Gasteiger partial charge in [-0.15, -0.1) is 0 Å². The summed E-state index contributed by atoms with van der Waals surface area (Å²) in [5.74, 6) is 0.891. The van der Waals surface area contributed by atoms with Crippen LogP contribution >= 0.6 is 15.9 Å². The maximum absolute atomic E-state index is 5.37. The second-order valence-electron chi connectivity index (χ2n) is 3.68. The van der Waals surface area contributed by atoms with E-state index in [2.05, 4.69) is 26.2 Å². The van der Waals surface area contributed by atoms with Crippen molar-refractivity contribution in [1.29, 1.82) is 0 Å². The van der Waals surface area contributed by atoms with Crippen molar-refractivity contribution in [2.45, 2.75) is 13.3 Å². The van der Waals surface area contributed by atoms with Crippen molar-refractivity contribution in [3.63, 3.8) is 0 Å². The van der Waals surface area contributed by atoms with E-state index in [1.165, 1.54) is 5.56 Å². The maximum atomic E-state index is 5.37. The highest BCUT2D eigenvalue weighted by molar-refractivity contribution is 9.10. The Labute approximate surface area is 111 Å². The fraction of sp³-hybridized carbons (Fsp3) is 0.583. The van der Waals surface area contributed by atoms with Crippen LogP contribution < -0.4 is 5.32 Å². The maximum Gasteiger partial charge on any atom is 0.140 e. The molecule has 0 bridgehead atoms. The van der Waals surface area contributed by atoms with Gasteiger partial charge in [-0.2, -0.15) is 0 Å². The van der Waals surface area contributed by atoms with E-state index in [4.69, 9.17) is 9.47 Å². The molecule has 0 aromatic carbocycles. The number of rotatable bonds is 8. The van der Waals surface area contributed by atoms with Crippen LogP contribution in [0.15, 0.2) is 16.7 Å². The molecule has 0 atom stereocenters. The van der Waals surface area contributed by atoms with Crippen molar-refractivity contribution in [1.82, 2.24) is 4.98 Å². The lowest BCUT2D eigenvalue weighted by molar-refractivity contribution is 0.0705. The third-order valence-electron chi connectivity index (χ3n) is 2.27. The first-order valence-electron chi connectivity index (χ1n) is 5.67. The second kappa shape index (κ2) is 8.44. The normalized spacial score (nSPS) is 10.5. The highest BCUT2D eigenvalue weighted by Crippen LogP contribution is 2.22. The number of hydrogen-bond donors (Lipinski definition) is 1. The molecule has 0 unspecified atom stereocenters. The van der Waals surface area contributed by atoms with E-state index >= 15 is 0 Å². The van der Waals surface area contributed by atoms with Crippen LogP contribution in [0.3, 0.4) is 0 Å². The average molecular weight is 303 g/mol. The molecular formula is C12H19BrN2O2. The van der Waals surface area contributed by atoms with E-state index < -0.39 is 0 Å². The van der Waals surface area contributed by atoms with Crippen molar-refractivity contribution in [3.8, 4) is 0 Å². The van der Waals surface area contributed by atoms with Crippen molar-refractivity contribution in [2.24, 2.45) is 0 Å². The minimum absolute atomic E-state index is 0.651. The Morgan fingerprint density at radius 2 is 2.18 bits per heavy atom. The van der Waals surface area contributed by atoms with Crippen LogP contribution in [-0.4, -0.2) is 38.5 Å². The highest BCUT2D eigenvalue weighted by Gasteiger charge is 2.02. The van der Waals surface area contributed by atoms with Gasteiger partial charge in [0.15, 0.2) is 0 Å². The first-order chi connectivity index (χ1) is 8.25. The fourth-order valence-electron chi connectivity index (χ4n) is 1.29. The molecule has 0 aliphatic heterocycles. The zero-order valence-electron chi connectivity index (χ0n) is 10.3. The second-order valence-corrected chi connectivity index (χ2v) is 4.47. The van der Waals surface area contributed by atoms with Gasteiger partial charge in [-0.25, -0.2) is 4.98 Å². The topological polar surface area (TPSA) is 43.4 Å². The summed E-state index contributed by atoms with van der Waals surface area (Å²) in [4.78, 5) is 4.27. The summed E-state index contributed by atoms with van der Waals surface area (Å²) < 4.78 is 11.3. The SMILES string of the molecule is COCCOCCCNc1nccc(C)c1Br. The Kier molecular flexibility index (Phi) is 7.16. The minimum atomic E-state index is 0.651. The quantitative estimate of drug-likeness (QED) is 0.750. The van der Waals surface area contributed by atoms with Gasteiger partial charge >= 0.3 is 0 Å². The lowest BCUT2D eigenvalue weighted by Crippen LogP contribution is -2.09. The van der Waals surface area contributed by atoms with Gasteiger partial charge < -0.3 is 14.8 Å². The van der Waals surface area contributed by atoms with Crippen LogP contribution in [0.2, 0.25) is 0 Å². The number of hydrogen-bond acceptors (Lipinski definition) is 4. The number of anilines is 1. The molecule has 0 amide bonds. The Morgan fingerprint density at radius 3 is 2.94 bits per heavy atom. The van der Waals surface area contributed by atoms with Gasteiger partial charge in [0.1, 0.15) is 5.82 Å². The molecule has 0 saturated heterocycles. The smallest absolute Gasteiger partial charge is 0.140 e. The summed E-state index contributed by atoms with van der Waals surface area (Å²) in [6.45, 7) is 4.94. The van der Waals surface area contributed by atoms with E-state index in [1.54, 1.807) is 13.3 Å². The number of aromatic nitrogens is 1. The molecule has 0 aliphatic carbocycles. The Hall–Kier alpha value is -0.650. The molecule has 1 aromatic heterocycles. The monoisotopic (exact) mass is 302 g/mol. The first-order valence-corrected chi connectivity index (χ1v) is 6.46. The summed E-state index contributed by atoms with van der Waals surface area (Å²) in [6, 6.07) is 1.98. The van der Waals surface area contributed by atoms with Crippen molar-refractivity contribution >= 4 is 21.7 Å². The predicted octanol–water partition coefficient (Wildman–Crippen LogP) is 2.62. The summed E-state index contributed by atoms with van der Waals surface area (Å²) in [5, 5.41) is 3.28. The van der Waals surface area contributed by atoms with Crippen LogP contribution in [0.5, 0.6) is 0 Å². The first kappa shape index (κ1) is 14.4. The van der Waals surface area contributed by atoms with Crippen molar-refractivity contribution in [3.05, 3.63) is 22.3 Å². The Balaban J connectivity index is 2.16. The number of nitrogens with zero attached hydrogens (tertiary/aromatic N) is 1. The van der Waals surface area contributed by atoms with Crippen LogP contribution in [-0.2, 0) is 9.47 Å². The summed E-state index contributed by atoms with van der Waals surface area (Å²) in [5.41, 5.74) is 1.18. The van der Waals surface area contributed by atoms with Crippen molar-refractivity contribution in [2.75, 3.05) is 38.8 Å². The molecule has 1 aromatic rings. The number of nitrogens with one attached hydrogen (secondary N) is 1. The van der Waals surface area contributed by atoms with E-state index in [0.29, 0.717) is 13.2 Å². The molecule has 96 valence electrons. The van der Waals surface area contributed by atoms with Gasteiger partial charge in [-0.3, -0.25) is 0 Å². The molecule has 4 nitrogen and oxygen atoms in total.